The maximum Gasteiger partial charge on any atom is 0.217 e. The van der Waals surface area contributed by atoms with Crippen molar-refractivity contribution in [1.82, 2.24) is 15.5 Å². The van der Waals surface area contributed by atoms with Crippen LogP contribution in [0.4, 0.5) is 0 Å². The van der Waals surface area contributed by atoms with Crippen LogP contribution in [-0.2, 0) is 6.42 Å². The topological polar surface area (TPSA) is 86.2 Å². The van der Waals surface area contributed by atoms with Crippen LogP contribution in [0.25, 0.3) is 0 Å². The van der Waals surface area contributed by atoms with Crippen molar-refractivity contribution in [2.24, 2.45) is 11.7 Å². The molecule has 2 aromatic rings. The monoisotopic (exact) mass is 468 g/mol. The largest absolute Gasteiger partial charge is 0.487 e. The van der Waals surface area contributed by atoms with E-state index in [1.165, 1.54) is 18.2 Å². The van der Waals surface area contributed by atoms with Crippen molar-refractivity contribution in [2.45, 2.75) is 78.2 Å². The molecule has 6 nitrogen and oxygen atoms in total. The molecule has 3 N–H and O–H groups in total. The lowest BCUT2D eigenvalue weighted by Gasteiger charge is -2.44. The van der Waals surface area contributed by atoms with Gasteiger partial charge < -0.3 is 20.2 Å². The quantitative estimate of drug-likeness (QED) is 0.544. The fourth-order valence-corrected chi connectivity index (χ4v) is 4.69. The van der Waals surface area contributed by atoms with E-state index in [2.05, 4.69) is 85.4 Å². The molecule has 1 aromatic heterocycles. The molecule has 34 heavy (non-hydrogen) atoms. The van der Waals surface area contributed by atoms with E-state index in [4.69, 9.17) is 9.15 Å². The van der Waals surface area contributed by atoms with Crippen LogP contribution < -0.4 is 15.8 Å². The van der Waals surface area contributed by atoms with Crippen LogP contribution in [-0.4, -0.2) is 35.9 Å². The van der Waals surface area contributed by atoms with Crippen molar-refractivity contribution in [1.29, 1.82) is 0 Å². The third-order valence-corrected chi connectivity index (χ3v) is 6.10. The Morgan fingerprint density at radius 1 is 1.21 bits per heavy atom. The molecule has 1 saturated heterocycles. The van der Waals surface area contributed by atoms with Crippen LogP contribution in [0.3, 0.4) is 0 Å². The molecule has 0 amide bonds. The van der Waals surface area contributed by atoms with Gasteiger partial charge >= 0.3 is 0 Å². The predicted octanol–water partition coefficient (Wildman–Crippen LogP) is 5.74. The minimum Gasteiger partial charge on any atom is -0.487 e. The lowest BCUT2D eigenvalue weighted by Crippen LogP contribution is -2.49. The first-order valence-electron chi connectivity index (χ1n) is 12.5. The molecule has 0 radical (unpaired) electrons. The average molecular weight is 469 g/mol. The molecular formula is C28H44N4O2. The van der Waals surface area contributed by atoms with Crippen molar-refractivity contribution < 1.29 is 9.15 Å². The fourth-order valence-electron chi connectivity index (χ4n) is 4.69. The Bertz CT molecular complexity index is 911. The Kier molecular flexibility index (Phi) is 11.5. The molecule has 1 aromatic carbocycles. The van der Waals surface area contributed by atoms with Gasteiger partial charge in [-0.3, -0.25) is 0 Å². The molecule has 0 saturated carbocycles. The Labute approximate surface area is 206 Å². The molecule has 4 rings (SSSR count). The summed E-state index contributed by atoms with van der Waals surface area (Å²) in [7, 11) is 1.50. The second-order valence-electron chi connectivity index (χ2n) is 9.42. The smallest absolute Gasteiger partial charge is 0.217 e. The number of nitrogens with one attached hydrogen (secondary N) is 1. The second-order valence-corrected chi connectivity index (χ2v) is 9.42. The normalized spacial score (nSPS) is 19.1. The minimum atomic E-state index is -0.0423. The summed E-state index contributed by atoms with van der Waals surface area (Å²) in [5.41, 5.74) is 7.19. The predicted molar refractivity (Wildman–Crippen MR) is 140 cm³/mol. The maximum absolute atomic E-state index is 6.43. The molecule has 188 valence electrons. The van der Waals surface area contributed by atoms with Crippen LogP contribution >= 0.6 is 0 Å². The first-order valence-corrected chi connectivity index (χ1v) is 12.5. The summed E-state index contributed by atoms with van der Waals surface area (Å²) in [6.07, 6.45) is 11.6. The van der Waals surface area contributed by atoms with E-state index in [1.807, 2.05) is 13.0 Å². The standard InChI is InChI=1S/C17H21N3O2.C10H18.CH5N/c1-12-19-20-16(21-12)10-13-11-17(6-8-18-9-7-17)22-15-5-3-2-4-14(13)15;1-5-6-7-10(4)8-9(2)3;1-2/h2-5,13,18H,6-11H2,1H3;5-6,8-9H,7H2,1-4H3;2H2,1H3/b;6-5-,10-8-;. The Hall–Kier alpha value is -2.44. The fraction of sp³-hybridized carbons (Fsp3) is 0.571. The number of aryl methyl sites for hydroxylation is 1. The summed E-state index contributed by atoms with van der Waals surface area (Å²) in [5.74, 6) is 3.44. The maximum atomic E-state index is 6.43. The first kappa shape index (κ1) is 27.8. The van der Waals surface area contributed by atoms with Crippen molar-refractivity contribution in [3.05, 3.63) is 65.4 Å². The van der Waals surface area contributed by atoms with Gasteiger partial charge in [0.2, 0.25) is 11.8 Å². The van der Waals surface area contributed by atoms with Gasteiger partial charge in [-0.1, -0.05) is 55.8 Å². The number of piperidine rings is 1. The number of hydrogen-bond donors (Lipinski definition) is 2. The summed E-state index contributed by atoms with van der Waals surface area (Å²) in [4.78, 5) is 0. The van der Waals surface area contributed by atoms with E-state index in [-0.39, 0.29) is 5.60 Å². The summed E-state index contributed by atoms with van der Waals surface area (Å²) >= 11 is 0. The molecule has 2 aliphatic heterocycles. The Morgan fingerprint density at radius 3 is 2.53 bits per heavy atom. The zero-order valence-electron chi connectivity index (χ0n) is 21.9. The zero-order valence-corrected chi connectivity index (χ0v) is 21.9. The van der Waals surface area contributed by atoms with E-state index in [9.17, 15) is 0 Å². The van der Waals surface area contributed by atoms with E-state index in [1.54, 1.807) is 0 Å². The molecule has 2 aliphatic rings. The zero-order chi connectivity index (χ0) is 25.0. The number of allylic oxidation sites excluding steroid dienone is 4. The van der Waals surface area contributed by atoms with Gasteiger partial charge in [0.15, 0.2) is 0 Å². The molecule has 0 bridgehead atoms. The molecule has 3 heterocycles. The van der Waals surface area contributed by atoms with Crippen molar-refractivity contribution >= 4 is 0 Å². The highest BCUT2D eigenvalue weighted by Crippen LogP contribution is 2.45. The SMILES string of the molecule is C/C=C\C/C(C)=C\C(C)C.CN.Cc1nnc(CC2CC3(CCNCC3)Oc3ccccc32)o1. The van der Waals surface area contributed by atoms with Gasteiger partial charge in [0.05, 0.1) is 0 Å². The highest BCUT2D eigenvalue weighted by atomic mass is 16.5. The number of para-hydroxylation sites is 1. The Balaban J connectivity index is 0.000000290. The molecule has 0 aliphatic carbocycles. The van der Waals surface area contributed by atoms with E-state index < -0.39 is 0 Å². The highest BCUT2D eigenvalue weighted by Gasteiger charge is 2.42. The first-order chi connectivity index (χ1) is 16.4. The summed E-state index contributed by atoms with van der Waals surface area (Å²) in [6.45, 7) is 12.5. The molecular weight excluding hydrogens is 424 g/mol. The van der Waals surface area contributed by atoms with Crippen molar-refractivity contribution in [2.75, 3.05) is 20.1 Å². The van der Waals surface area contributed by atoms with E-state index in [0.717, 1.165) is 56.8 Å². The molecule has 1 fully saturated rings. The van der Waals surface area contributed by atoms with Gasteiger partial charge in [0.25, 0.3) is 0 Å². The third-order valence-electron chi connectivity index (χ3n) is 6.10. The van der Waals surface area contributed by atoms with Crippen LogP contribution in [0, 0.1) is 12.8 Å². The number of hydrogen-bond acceptors (Lipinski definition) is 6. The number of ether oxygens (including phenoxy) is 1. The number of nitrogens with two attached hydrogens (primary N) is 1. The van der Waals surface area contributed by atoms with Gasteiger partial charge in [-0.25, -0.2) is 0 Å². The van der Waals surface area contributed by atoms with Crippen molar-refractivity contribution in [3.63, 3.8) is 0 Å². The number of benzene rings is 1. The summed E-state index contributed by atoms with van der Waals surface area (Å²) < 4.78 is 12.0. The van der Waals surface area contributed by atoms with E-state index >= 15 is 0 Å². The lowest BCUT2D eigenvalue weighted by molar-refractivity contribution is 0.00664. The second kappa shape index (κ2) is 14.1. The minimum absolute atomic E-state index is 0.0423. The average Bonchev–Trinajstić information content (AvgIpc) is 3.24. The molecule has 1 spiro atoms. The van der Waals surface area contributed by atoms with Crippen LogP contribution in [0.5, 0.6) is 5.75 Å². The van der Waals surface area contributed by atoms with Gasteiger partial charge in [-0.05, 0) is 77.2 Å². The number of aromatic nitrogens is 2. The van der Waals surface area contributed by atoms with E-state index in [0.29, 0.717) is 17.7 Å². The number of rotatable bonds is 5. The molecule has 1 atom stereocenters. The number of nitrogens with zero attached hydrogens (tertiary/aromatic N) is 2. The number of fused-ring (bicyclic) bond motifs is 1. The Morgan fingerprint density at radius 2 is 1.91 bits per heavy atom. The summed E-state index contributed by atoms with van der Waals surface area (Å²) in [5, 5.41) is 11.6. The molecule has 1 unspecified atom stereocenters. The van der Waals surface area contributed by atoms with Gasteiger partial charge in [0.1, 0.15) is 11.4 Å². The van der Waals surface area contributed by atoms with Gasteiger partial charge in [-0.2, -0.15) is 0 Å². The summed E-state index contributed by atoms with van der Waals surface area (Å²) in [6, 6.07) is 8.38. The van der Waals surface area contributed by atoms with Crippen LogP contribution in [0.2, 0.25) is 0 Å². The van der Waals surface area contributed by atoms with Gasteiger partial charge in [0, 0.05) is 19.3 Å². The lowest BCUT2D eigenvalue weighted by atomic mass is 9.76. The van der Waals surface area contributed by atoms with Crippen molar-refractivity contribution in [3.8, 4) is 5.75 Å². The third kappa shape index (κ3) is 8.41. The van der Waals surface area contributed by atoms with Gasteiger partial charge in [-0.15, -0.1) is 10.2 Å². The highest BCUT2D eigenvalue weighted by molar-refractivity contribution is 5.39. The van der Waals surface area contributed by atoms with Crippen LogP contribution in [0.1, 0.15) is 76.6 Å². The molecule has 6 heteroatoms. The van der Waals surface area contributed by atoms with Crippen LogP contribution in [0.15, 0.2) is 52.5 Å².